The van der Waals surface area contributed by atoms with E-state index in [0.29, 0.717) is 33.6 Å². The number of anilines is 1. The highest BCUT2D eigenvalue weighted by Crippen LogP contribution is 2.40. The van der Waals surface area contributed by atoms with E-state index in [0.717, 1.165) is 4.31 Å². The number of hydrogen-bond acceptors (Lipinski definition) is 7. The summed E-state index contributed by atoms with van der Waals surface area (Å²) in [6.45, 7) is 1.72. The highest BCUT2D eigenvalue weighted by molar-refractivity contribution is 7.89. The van der Waals surface area contributed by atoms with Gasteiger partial charge in [0.2, 0.25) is 15.9 Å². The number of methoxy groups -OCH3 is 1. The van der Waals surface area contributed by atoms with Crippen LogP contribution in [-0.2, 0) is 19.6 Å². The van der Waals surface area contributed by atoms with Crippen molar-refractivity contribution >= 4 is 33.1 Å². The molecule has 0 saturated carbocycles. The van der Waals surface area contributed by atoms with Crippen molar-refractivity contribution in [2.24, 2.45) is 0 Å². The van der Waals surface area contributed by atoms with Crippen molar-refractivity contribution in [1.82, 2.24) is 18.9 Å². The van der Waals surface area contributed by atoms with Crippen LogP contribution in [0.5, 0.6) is 0 Å². The molecule has 10 nitrogen and oxygen atoms in total. The molecule has 1 atom stereocenters. The van der Waals surface area contributed by atoms with Crippen LogP contribution < -0.4 is 5.32 Å². The minimum Gasteiger partial charge on any atom is -0.465 e. The maximum atomic E-state index is 12.8. The average Bonchev–Trinajstić information content (AvgIpc) is 3.23. The number of amides is 1. The zero-order valence-electron chi connectivity index (χ0n) is 16.7. The molecule has 3 aromatic rings. The summed E-state index contributed by atoms with van der Waals surface area (Å²) in [5, 5.41) is 6.91. The molecular weight excluding hydrogens is 410 g/mol. The van der Waals surface area contributed by atoms with Gasteiger partial charge in [-0.1, -0.05) is 0 Å². The van der Waals surface area contributed by atoms with E-state index < -0.39 is 21.9 Å². The Kier molecular flexibility index (Phi) is 4.59. The van der Waals surface area contributed by atoms with Crippen LogP contribution in [0.15, 0.2) is 35.6 Å². The highest BCUT2D eigenvalue weighted by atomic mass is 32.2. The maximum Gasteiger partial charge on any atom is 0.339 e. The quantitative estimate of drug-likeness (QED) is 0.617. The van der Waals surface area contributed by atoms with E-state index in [2.05, 4.69) is 15.4 Å². The molecule has 30 heavy (non-hydrogen) atoms. The minimum atomic E-state index is -3.69. The first-order valence-corrected chi connectivity index (χ1v) is 10.4. The van der Waals surface area contributed by atoms with Crippen LogP contribution in [0, 0.1) is 6.92 Å². The van der Waals surface area contributed by atoms with Gasteiger partial charge in [0.25, 0.3) is 0 Å². The minimum absolute atomic E-state index is 0.0696. The lowest BCUT2D eigenvalue weighted by molar-refractivity contribution is -0.116. The van der Waals surface area contributed by atoms with Crippen molar-refractivity contribution < 1.29 is 22.7 Å². The Morgan fingerprint density at radius 2 is 2.03 bits per heavy atom. The van der Waals surface area contributed by atoms with Gasteiger partial charge in [-0.25, -0.2) is 27.0 Å². The summed E-state index contributed by atoms with van der Waals surface area (Å²) in [6, 6.07) is 4.49. The fourth-order valence-electron chi connectivity index (χ4n) is 3.60. The summed E-state index contributed by atoms with van der Waals surface area (Å²) in [6.07, 6.45) is 2.80. The van der Waals surface area contributed by atoms with Crippen molar-refractivity contribution in [3.8, 4) is 0 Å². The standard InChI is InChI=1S/C19H19N5O5S/c1-10-13(19(26)29-4)8-24-17(10)16(20-9-21-24)15-12-7-11(30(27,28)23(2)3)5-6-14(12)22-18(15)25/h5-9,15H,1-4H3,(H,22,25)/t15-/m0/s1. The Hall–Kier alpha value is -3.31. The molecule has 1 aromatic carbocycles. The van der Waals surface area contributed by atoms with E-state index in [1.54, 1.807) is 13.0 Å². The normalized spacial score (nSPS) is 16.0. The summed E-state index contributed by atoms with van der Waals surface area (Å²) < 4.78 is 32.5. The number of nitrogens with one attached hydrogen (secondary N) is 1. The first-order chi connectivity index (χ1) is 14.2. The van der Waals surface area contributed by atoms with E-state index >= 15 is 0 Å². The van der Waals surface area contributed by atoms with Crippen LogP contribution in [-0.4, -0.2) is 60.4 Å². The summed E-state index contributed by atoms with van der Waals surface area (Å²) in [4.78, 5) is 29.3. The molecule has 0 unspecified atom stereocenters. The summed E-state index contributed by atoms with van der Waals surface area (Å²) in [5.41, 5.74) is 2.73. The molecule has 3 heterocycles. The van der Waals surface area contributed by atoms with Crippen molar-refractivity contribution in [2.45, 2.75) is 17.7 Å². The molecule has 1 amide bonds. The van der Waals surface area contributed by atoms with Gasteiger partial charge in [-0.3, -0.25) is 4.79 Å². The Labute approximate surface area is 172 Å². The fourth-order valence-corrected chi connectivity index (χ4v) is 4.54. The number of hydrogen-bond donors (Lipinski definition) is 1. The van der Waals surface area contributed by atoms with Crippen LogP contribution in [0.1, 0.15) is 33.1 Å². The number of aryl methyl sites for hydroxylation is 1. The van der Waals surface area contributed by atoms with E-state index in [-0.39, 0.29) is 10.8 Å². The third kappa shape index (κ3) is 2.85. The van der Waals surface area contributed by atoms with Gasteiger partial charge in [0.1, 0.15) is 12.2 Å². The maximum absolute atomic E-state index is 12.8. The molecule has 0 fully saturated rings. The second kappa shape index (κ2) is 6.89. The number of nitrogens with zero attached hydrogens (tertiary/aromatic N) is 4. The summed E-state index contributed by atoms with van der Waals surface area (Å²) >= 11 is 0. The molecular formula is C19H19N5O5S. The number of benzene rings is 1. The summed E-state index contributed by atoms with van der Waals surface area (Å²) in [5.74, 6) is -1.73. The Morgan fingerprint density at radius 1 is 1.30 bits per heavy atom. The number of fused-ring (bicyclic) bond motifs is 2. The highest BCUT2D eigenvalue weighted by Gasteiger charge is 2.37. The van der Waals surface area contributed by atoms with Crippen molar-refractivity contribution in [1.29, 1.82) is 0 Å². The van der Waals surface area contributed by atoms with Crippen LogP contribution in [0.4, 0.5) is 5.69 Å². The Bertz CT molecular complexity index is 1310. The summed E-state index contributed by atoms with van der Waals surface area (Å²) in [7, 11) is 0.475. The van der Waals surface area contributed by atoms with E-state index in [1.807, 2.05) is 0 Å². The Morgan fingerprint density at radius 3 is 2.70 bits per heavy atom. The van der Waals surface area contributed by atoms with E-state index in [1.165, 1.54) is 50.4 Å². The molecule has 0 spiro atoms. The van der Waals surface area contributed by atoms with Crippen molar-refractivity contribution in [3.05, 3.63) is 53.1 Å². The van der Waals surface area contributed by atoms with Crippen LogP contribution >= 0.6 is 0 Å². The largest absolute Gasteiger partial charge is 0.465 e. The zero-order valence-corrected chi connectivity index (χ0v) is 17.5. The predicted octanol–water partition coefficient (Wildman–Crippen LogP) is 1.16. The van der Waals surface area contributed by atoms with Gasteiger partial charge >= 0.3 is 5.97 Å². The van der Waals surface area contributed by atoms with Crippen molar-refractivity contribution in [3.63, 3.8) is 0 Å². The Balaban J connectivity index is 1.93. The molecule has 0 radical (unpaired) electrons. The van der Waals surface area contributed by atoms with Gasteiger partial charge in [0.05, 0.1) is 28.8 Å². The van der Waals surface area contributed by atoms with Gasteiger partial charge in [-0.2, -0.15) is 5.10 Å². The molecule has 11 heteroatoms. The van der Waals surface area contributed by atoms with Crippen LogP contribution in [0.3, 0.4) is 0 Å². The molecule has 4 rings (SSSR count). The van der Waals surface area contributed by atoms with E-state index in [4.69, 9.17) is 4.74 Å². The zero-order chi connectivity index (χ0) is 21.8. The fraction of sp³-hybridized carbons (Fsp3) is 0.263. The smallest absolute Gasteiger partial charge is 0.339 e. The number of rotatable bonds is 4. The van der Waals surface area contributed by atoms with E-state index in [9.17, 15) is 18.0 Å². The second-order valence-electron chi connectivity index (χ2n) is 7.06. The van der Waals surface area contributed by atoms with Gasteiger partial charge in [0.15, 0.2) is 0 Å². The van der Waals surface area contributed by atoms with Gasteiger partial charge in [-0.05, 0) is 36.2 Å². The van der Waals surface area contributed by atoms with Gasteiger partial charge in [0, 0.05) is 26.0 Å². The van der Waals surface area contributed by atoms with Gasteiger partial charge < -0.3 is 10.1 Å². The molecule has 1 aliphatic heterocycles. The molecule has 0 bridgehead atoms. The lowest BCUT2D eigenvalue weighted by Crippen LogP contribution is -2.22. The lowest BCUT2D eigenvalue weighted by atomic mass is 9.95. The topological polar surface area (TPSA) is 123 Å². The predicted molar refractivity (Wildman–Crippen MR) is 107 cm³/mol. The molecule has 156 valence electrons. The third-order valence-electron chi connectivity index (χ3n) is 5.17. The number of carbonyl (C=O) groups excluding carboxylic acids is 2. The molecule has 1 aliphatic rings. The number of carbonyl (C=O) groups is 2. The number of esters is 1. The first kappa shape index (κ1) is 20.0. The molecule has 1 N–H and O–H groups in total. The molecule has 0 aliphatic carbocycles. The first-order valence-electron chi connectivity index (χ1n) is 8.95. The number of aromatic nitrogens is 3. The SMILES string of the molecule is COC(=O)c1cn2ncnc([C@H]3C(=O)Nc4ccc(S(=O)(=O)N(C)C)cc43)c2c1C. The molecule has 0 saturated heterocycles. The van der Waals surface area contributed by atoms with Crippen LogP contribution in [0.2, 0.25) is 0 Å². The van der Waals surface area contributed by atoms with Crippen LogP contribution in [0.25, 0.3) is 5.52 Å². The number of ether oxygens (including phenoxy) is 1. The third-order valence-corrected chi connectivity index (χ3v) is 6.98. The van der Waals surface area contributed by atoms with Gasteiger partial charge in [-0.15, -0.1) is 0 Å². The monoisotopic (exact) mass is 429 g/mol. The molecule has 2 aromatic heterocycles. The second-order valence-corrected chi connectivity index (χ2v) is 9.21. The average molecular weight is 429 g/mol. The number of sulfonamides is 1. The van der Waals surface area contributed by atoms with Crippen molar-refractivity contribution in [2.75, 3.05) is 26.5 Å². The lowest BCUT2D eigenvalue weighted by Gasteiger charge is -2.14.